The van der Waals surface area contributed by atoms with E-state index >= 15 is 0 Å². The molecule has 25 heavy (non-hydrogen) atoms. The van der Waals surface area contributed by atoms with Gasteiger partial charge in [-0.25, -0.2) is 0 Å². The molecule has 0 aromatic rings. The summed E-state index contributed by atoms with van der Waals surface area (Å²) in [5, 5.41) is 0. The molecule has 0 aromatic heterocycles. The number of hydrogen-bond acceptors (Lipinski definition) is 10. The fourth-order valence-electron chi connectivity index (χ4n) is 2.67. The molecule has 2 fully saturated rings. The molecule has 0 amide bonds. The highest BCUT2D eigenvalue weighted by Gasteiger charge is 2.59. The minimum Gasteiger partial charge on any atom is -0.463 e. The summed E-state index contributed by atoms with van der Waals surface area (Å²) < 4.78 is 37.6. The number of fused-ring (bicyclic) bond motifs is 1. The first-order valence-corrected chi connectivity index (χ1v) is 7.69. The van der Waals surface area contributed by atoms with Crippen molar-refractivity contribution in [1.82, 2.24) is 0 Å². The molecule has 2 rings (SSSR count). The molecule has 10 nitrogen and oxygen atoms in total. The number of carbonyl (C=O) groups excluding carboxylic acids is 3. The molecule has 0 spiro atoms. The predicted octanol–water partition coefficient (Wildman–Crippen LogP) is -0.127. The molecule has 0 aliphatic carbocycles. The molecule has 2 aliphatic heterocycles. The maximum atomic E-state index is 11.5. The van der Waals surface area contributed by atoms with Gasteiger partial charge in [0.15, 0.2) is 24.6 Å². The first-order chi connectivity index (χ1) is 11.6. The monoisotopic (exact) mass is 362 g/mol. The number of rotatable bonds is 5. The van der Waals surface area contributed by atoms with E-state index in [1.807, 2.05) is 0 Å². The largest absolute Gasteiger partial charge is 0.463 e. The van der Waals surface area contributed by atoms with Crippen LogP contribution >= 0.6 is 0 Å². The smallest absolute Gasteiger partial charge is 0.303 e. The van der Waals surface area contributed by atoms with E-state index in [-0.39, 0.29) is 6.61 Å². The number of methoxy groups -OCH3 is 1. The summed E-state index contributed by atoms with van der Waals surface area (Å²) in [6.45, 7) is 4.93. The van der Waals surface area contributed by atoms with Crippen molar-refractivity contribution in [3.05, 3.63) is 0 Å². The van der Waals surface area contributed by atoms with E-state index in [4.69, 9.17) is 33.2 Å². The van der Waals surface area contributed by atoms with Crippen molar-refractivity contribution >= 4 is 17.9 Å². The van der Waals surface area contributed by atoms with Crippen LogP contribution in [0.3, 0.4) is 0 Å². The van der Waals surface area contributed by atoms with Crippen molar-refractivity contribution in [3.63, 3.8) is 0 Å². The van der Waals surface area contributed by atoms with E-state index in [1.165, 1.54) is 34.8 Å². The Morgan fingerprint density at radius 1 is 0.960 bits per heavy atom. The minimum absolute atomic E-state index is 0.221. The molecule has 2 aliphatic rings. The van der Waals surface area contributed by atoms with Gasteiger partial charge in [-0.3, -0.25) is 19.1 Å². The summed E-state index contributed by atoms with van der Waals surface area (Å²) >= 11 is 0. The van der Waals surface area contributed by atoms with Crippen LogP contribution in [0.15, 0.2) is 0 Å². The lowest BCUT2D eigenvalue weighted by Crippen LogP contribution is -2.60. The molecule has 0 bridgehead atoms. The normalized spacial score (nSPS) is 37.1. The number of hydrogen-bond donors (Lipinski definition) is 0. The Kier molecular flexibility index (Phi) is 5.99. The maximum absolute atomic E-state index is 11.5. The van der Waals surface area contributed by atoms with Crippen molar-refractivity contribution in [2.45, 2.75) is 64.4 Å². The van der Waals surface area contributed by atoms with E-state index < -0.39 is 54.6 Å². The van der Waals surface area contributed by atoms with Gasteiger partial charge in [-0.05, 0) is 0 Å². The van der Waals surface area contributed by atoms with Gasteiger partial charge in [-0.1, -0.05) is 0 Å². The third kappa shape index (κ3) is 4.66. The van der Waals surface area contributed by atoms with Gasteiger partial charge < -0.3 is 28.4 Å². The van der Waals surface area contributed by atoms with Gasteiger partial charge in [0.1, 0.15) is 12.7 Å². The average molecular weight is 362 g/mol. The van der Waals surface area contributed by atoms with Crippen LogP contribution in [0.2, 0.25) is 0 Å². The van der Waals surface area contributed by atoms with E-state index in [0.29, 0.717) is 0 Å². The van der Waals surface area contributed by atoms with Crippen LogP contribution in [0.1, 0.15) is 27.7 Å². The third-order valence-corrected chi connectivity index (χ3v) is 3.70. The lowest BCUT2D eigenvalue weighted by Gasteiger charge is -2.40. The second-order valence-electron chi connectivity index (χ2n) is 5.76. The molecule has 2 heterocycles. The van der Waals surface area contributed by atoms with Crippen molar-refractivity contribution in [2.75, 3.05) is 13.7 Å². The Labute approximate surface area is 144 Å². The van der Waals surface area contributed by atoms with E-state index in [2.05, 4.69) is 0 Å². The Hall–Kier alpha value is -1.75. The van der Waals surface area contributed by atoms with E-state index in [1.54, 1.807) is 0 Å². The molecule has 0 N–H and O–H groups in total. The van der Waals surface area contributed by atoms with Crippen molar-refractivity contribution in [1.29, 1.82) is 0 Å². The van der Waals surface area contributed by atoms with Gasteiger partial charge in [0, 0.05) is 34.8 Å². The average Bonchev–Trinajstić information content (AvgIpc) is 2.84. The first kappa shape index (κ1) is 19.6. The SMILES string of the molecule is COC1(C)O[C@@H]2OC(COC(C)=O)C(OC(C)=O)C(OC(C)=O)[C@H]2O1. The first-order valence-electron chi connectivity index (χ1n) is 7.69. The third-order valence-electron chi connectivity index (χ3n) is 3.70. The van der Waals surface area contributed by atoms with Crippen molar-refractivity contribution in [3.8, 4) is 0 Å². The zero-order chi connectivity index (χ0) is 18.8. The number of esters is 3. The van der Waals surface area contributed by atoms with Crippen molar-refractivity contribution < 1.29 is 47.5 Å². The van der Waals surface area contributed by atoms with Gasteiger partial charge in [0.05, 0.1) is 0 Å². The highest BCUT2D eigenvalue weighted by atomic mass is 16.9. The molecule has 6 atom stereocenters. The topological polar surface area (TPSA) is 116 Å². The Morgan fingerprint density at radius 2 is 1.56 bits per heavy atom. The summed E-state index contributed by atoms with van der Waals surface area (Å²) in [5.41, 5.74) is 0. The lowest BCUT2D eigenvalue weighted by atomic mass is 9.98. The van der Waals surface area contributed by atoms with Crippen LogP contribution in [-0.4, -0.2) is 68.3 Å². The van der Waals surface area contributed by atoms with Gasteiger partial charge in [-0.2, -0.15) is 0 Å². The Balaban J connectivity index is 2.29. The van der Waals surface area contributed by atoms with Gasteiger partial charge in [0.2, 0.25) is 0 Å². The lowest BCUT2D eigenvalue weighted by molar-refractivity contribution is -0.334. The van der Waals surface area contributed by atoms with E-state index in [0.717, 1.165) is 0 Å². The Bertz CT molecular complexity index is 534. The standard InChI is InChI=1S/C15H22O10/c1-7(16)20-6-10-11(21-8(2)17)12(22-9(3)18)13-14(23-10)25-15(4,19-5)24-13/h10-14H,6H2,1-5H3/t10?,11?,12?,13-,14+,15?/m1/s1. The van der Waals surface area contributed by atoms with Crippen LogP contribution < -0.4 is 0 Å². The second-order valence-corrected chi connectivity index (χ2v) is 5.76. The minimum atomic E-state index is -1.43. The predicted molar refractivity (Wildman–Crippen MR) is 77.8 cm³/mol. The van der Waals surface area contributed by atoms with Crippen LogP contribution in [0.5, 0.6) is 0 Å². The molecule has 10 heteroatoms. The van der Waals surface area contributed by atoms with E-state index in [9.17, 15) is 14.4 Å². The molecule has 0 saturated carbocycles. The van der Waals surface area contributed by atoms with Gasteiger partial charge in [-0.15, -0.1) is 0 Å². The zero-order valence-electron chi connectivity index (χ0n) is 14.7. The van der Waals surface area contributed by atoms with Crippen LogP contribution in [0.4, 0.5) is 0 Å². The van der Waals surface area contributed by atoms with Crippen LogP contribution in [-0.2, 0) is 47.5 Å². The fraction of sp³-hybridized carbons (Fsp3) is 0.800. The highest BCUT2D eigenvalue weighted by Crippen LogP contribution is 2.39. The van der Waals surface area contributed by atoms with Crippen LogP contribution in [0.25, 0.3) is 0 Å². The molecular formula is C15H22O10. The zero-order valence-corrected chi connectivity index (χ0v) is 14.7. The quantitative estimate of drug-likeness (QED) is 0.484. The van der Waals surface area contributed by atoms with Gasteiger partial charge >= 0.3 is 17.9 Å². The summed E-state index contributed by atoms with van der Waals surface area (Å²) in [4.78, 5) is 34.1. The maximum Gasteiger partial charge on any atom is 0.303 e. The molecule has 0 aromatic carbocycles. The molecule has 142 valence electrons. The second kappa shape index (κ2) is 7.65. The van der Waals surface area contributed by atoms with Crippen LogP contribution in [0, 0.1) is 0 Å². The highest BCUT2D eigenvalue weighted by molar-refractivity contribution is 5.67. The Morgan fingerprint density at radius 3 is 2.08 bits per heavy atom. The molecular weight excluding hydrogens is 340 g/mol. The molecule has 4 unspecified atom stereocenters. The molecule has 2 saturated heterocycles. The molecule has 0 radical (unpaired) electrons. The number of carbonyl (C=O) groups is 3. The fourth-order valence-corrected chi connectivity index (χ4v) is 2.67. The summed E-state index contributed by atoms with van der Waals surface area (Å²) in [6.07, 6.45) is -4.86. The van der Waals surface area contributed by atoms with Crippen molar-refractivity contribution in [2.24, 2.45) is 0 Å². The summed E-state index contributed by atoms with van der Waals surface area (Å²) in [6, 6.07) is 0. The summed E-state index contributed by atoms with van der Waals surface area (Å²) in [7, 11) is 1.37. The summed E-state index contributed by atoms with van der Waals surface area (Å²) in [5.74, 6) is -3.19. The van der Waals surface area contributed by atoms with Gasteiger partial charge in [0.25, 0.3) is 5.97 Å². The number of ether oxygens (including phenoxy) is 7.